The highest BCUT2D eigenvalue weighted by Crippen LogP contribution is 2.08. The van der Waals surface area contributed by atoms with Crippen LogP contribution in [0.15, 0.2) is 6.07 Å². The average molecular weight is 247 g/mol. The minimum Gasteiger partial charge on any atom is -0.374 e. The Morgan fingerprint density at radius 3 is 2.88 bits per heavy atom. The number of nitrogens with one attached hydrogen (secondary N) is 2. The van der Waals surface area contributed by atoms with E-state index < -0.39 is 13.0 Å². The zero-order chi connectivity index (χ0) is 12.7. The summed E-state index contributed by atoms with van der Waals surface area (Å²) in [7, 11) is 0. The smallest absolute Gasteiger partial charge is 0.261 e. The molecule has 0 saturated carbocycles. The third kappa shape index (κ3) is 5.36. The van der Waals surface area contributed by atoms with Gasteiger partial charge in [-0.15, -0.1) is 0 Å². The van der Waals surface area contributed by atoms with Crippen LogP contribution in [0.2, 0.25) is 0 Å². The average Bonchev–Trinajstić information content (AvgIpc) is 2.27. The second-order valence-electron chi connectivity index (χ2n) is 3.26. The maximum atomic E-state index is 11.7. The molecule has 1 aromatic rings. The maximum Gasteiger partial charge on any atom is 0.261 e. The van der Waals surface area contributed by atoms with E-state index in [-0.39, 0.29) is 6.61 Å². The Morgan fingerprint density at radius 2 is 2.24 bits per heavy atom. The number of hydrazine groups is 1. The number of nitrogens with zero attached hydrogens (tertiary/aromatic N) is 2. The van der Waals surface area contributed by atoms with Crippen LogP contribution < -0.4 is 16.6 Å². The third-order valence-electron chi connectivity index (χ3n) is 1.78. The van der Waals surface area contributed by atoms with Gasteiger partial charge in [-0.3, -0.25) is 5.43 Å². The number of rotatable bonds is 7. The molecule has 0 aromatic carbocycles. The first-order valence-corrected chi connectivity index (χ1v) is 5.04. The fourth-order valence-corrected chi connectivity index (χ4v) is 1.15. The number of anilines is 2. The number of nitrogen functional groups attached to an aromatic ring is 1. The number of alkyl halides is 2. The first-order chi connectivity index (χ1) is 8.11. The number of nitrogens with two attached hydrogens (primary N) is 1. The molecule has 0 saturated heterocycles. The number of aryl methyl sites for hydroxylation is 1. The van der Waals surface area contributed by atoms with Crippen molar-refractivity contribution in [3.8, 4) is 0 Å². The summed E-state index contributed by atoms with van der Waals surface area (Å²) < 4.78 is 28.2. The van der Waals surface area contributed by atoms with Crippen molar-refractivity contribution in [3.63, 3.8) is 0 Å². The summed E-state index contributed by atoms with van der Waals surface area (Å²) in [4.78, 5) is 8.03. The molecule has 0 fully saturated rings. The van der Waals surface area contributed by atoms with E-state index in [1.165, 1.54) is 0 Å². The lowest BCUT2D eigenvalue weighted by Gasteiger charge is -2.08. The van der Waals surface area contributed by atoms with Crippen LogP contribution >= 0.6 is 0 Å². The lowest BCUT2D eigenvalue weighted by atomic mass is 10.4. The molecule has 0 unspecified atom stereocenters. The third-order valence-corrected chi connectivity index (χ3v) is 1.78. The monoisotopic (exact) mass is 247 g/mol. The van der Waals surface area contributed by atoms with E-state index in [9.17, 15) is 8.78 Å². The van der Waals surface area contributed by atoms with Crippen molar-refractivity contribution in [3.05, 3.63) is 11.8 Å². The lowest BCUT2D eigenvalue weighted by Crippen LogP contribution is -2.16. The molecular formula is C9H15F2N5O. The van der Waals surface area contributed by atoms with E-state index in [1.807, 2.05) is 0 Å². The molecule has 0 radical (unpaired) electrons. The molecule has 4 N–H and O–H groups in total. The van der Waals surface area contributed by atoms with Crippen molar-refractivity contribution in [1.29, 1.82) is 0 Å². The quantitative estimate of drug-likeness (QED) is 0.375. The molecule has 1 rings (SSSR count). The fraction of sp³-hybridized carbons (Fsp3) is 0.556. The Hall–Kier alpha value is -1.54. The molecule has 1 aromatic heterocycles. The van der Waals surface area contributed by atoms with Gasteiger partial charge >= 0.3 is 0 Å². The molecular weight excluding hydrogens is 232 g/mol. The van der Waals surface area contributed by atoms with Gasteiger partial charge in [0.15, 0.2) is 0 Å². The van der Waals surface area contributed by atoms with Gasteiger partial charge in [0.1, 0.15) is 12.4 Å². The van der Waals surface area contributed by atoms with Crippen LogP contribution in [-0.2, 0) is 4.74 Å². The van der Waals surface area contributed by atoms with E-state index in [2.05, 4.69) is 20.7 Å². The van der Waals surface area contributed by atoms with Crippen molar-refractivity contribution < 1.29 is 13.5 Å². The van der Waals surface area contributed by atoms with Crippen LogP contribution in [0.25, 0.3) is 0 Å². The topological polar surface area (TPSA) is 85.1 Å². The van der Waals surface area contributed by atoms with Crippen LogP contribution in [0.5, 0.6) is 0 Å². The SMILES string of the molecule is Cc1cc(NCCOCC(F)F)nc(NN)n1. The number of aromatic nitrogens is 2. The highest BCUT2D eigenvalue weighted by molar-refractivity contribution is 5.41. The van der Waals surface area contributed by atoms with Crippen molar-refractivity contribution in [2.75, 3.05) is 30.5 Å². The highest BCUT2D eigenvalue weighted by atomic mass is 19.3. The molecule has 0 bridgehead atoms. The van der Waals surface area contributed by atoms with E-state index >= 15 is 0 Å². The van der Waals surface area contributed by atoms with Crippen molar-refractivity contribution in [2.24, 2.45) is 5.84 Å². The first-order valence-electron chi connectivity index (χ1n) is 5.04. The van der Waals surface area contributed by atoms with E-state index in [1.54, 1.807) is 13.0 Å². The fourth-order valence-electron chi connectivity index (χ4n) is 1.15. The van der Waals surface area contributed by atoms with Gasteiger partial charge in [-0.25, -0.2) is 19.6 Å². The molecule has 17 heavy (non-hydrogen) atoms. The summed E-state index contributed by atoms with van der Waals surface area (Å²) in [5.74, 6) is 6.04. The summed E-state index contributed by atoms with van der Waals surface area (Å²) in [5.41, 5.74) is 3.07. The molecule has 96 valence electrons. The van der Waals surface area contributed by atoms with Crippen molar-refractivity contribution in [2.45, 2.75) is 13.3 Å². The normalized spacial score (nSPS) is 10.6. The summed E-state index contributed by atoms with van der Waals surface area (Å²) in [5, 5.41) is 2.92. The lowest BCUT2D eigenvalue weighted by molar-refractivity contribution is 0.0215. The number of ether oxygens (including phenoxy) is 1. The van der Waals surface area contributed by atoms with Gasteiger partial charge in [0, 0.05) is 18.3 Å². The predicted octanol–water partition coefficient (Wildman–Crippen LogP) is 0.764. The highest BCUT2D eigenvalue weighted by Gasteiger charge is 2.02. The van der Waals surface area contributed by atoms with Gasteiger partial charge in [0.25, 0.3) is 6.43 Å². The van der Waals surface area contributed by atoms with Gasteiger partial charge in [0.2, 0.25) is 5.95 Å². The van der Waals surface area contributed by atoms with Crippen molar-refractivity contribution >= 4 is 11.8 Å². The van der Waals surface area contributed by atoms with E-state index in [0.717, 1.165) is 5.69 Å². The number of hydrogen-bond donors (Lipinski definition) is 3. The van der Waals surface area contributed by atoms with Crippen LogP contribution in [0, 0.1) is 6.92 Å². The molecule has 0 aliphatic rings. The van der Waals surface area contributed by atoms with Gasteiger partial charge in [-0.05, 0) is 6.92 Å². The molecule has 0 amide bonds. The zero-order valence-electron chi connectivity index (χ0n) is 9.41. The Bertz CT molecular complexity index is 350. The van der Waals surface area contributed by atoms with E-state index in [4.69, 9.17) is 10.6 Å². The Labute approximate surface area is 97.5 Å². The summed E-state index contributed by atoms with van der Waals surface area (Å²) in [6, 6.07) is 1.72. The van der Waals surface area contributed by atoms with Gasteiger partial charge in [-0.2, -0.15) is 4.98 Å². The molecule has 0 spiro atoms. The van der Waals surface area contributed by atoms with Crippen LogP contribution in [0.1, 0.15) is 5.69 Å². The molecule has 0 atom stereocenters. The Balaban J connectivity index is 2.33. The van der Waals surface area contributed by atoms with Gasteiger partial charge in [-0.1, -0.05) is 0 Å². The van der Waals surface area contributed by atoms with Gasteiger partial charge < -0.3 is 10.1 Å². The molecule has 1 heterocycles. The predicted molar refractivity (Wildman–Crippen MR) is 59.9 cm³/mol. The summed E-state index contributed by atoms with van der Waals surface area (Å²) in [6.45, 7) is 1.80. The second-order valence-corrected chi connectivity index (χ2v) is 3.26. The molecule has 0 aliphatic carbocycles. The Morgan fingerprint density at radius 1 is 1.47 bits per heavy atom. The Kier molecular flexibility index (Phi) is 5.50. The minimum absolute atomic E-state index is 0.179. The molecule has 0 aliphatic heterocycles. The van der Waals surface area contributed by atoms with Gasteiger partial charge in [0.05, 0.1) is 6.61 Å². The van der Waals surface area contributed by atoms with Crippen LogP contribution in [0.4, 0.5) is 20.5 Å². The van der Waals surface area contributed by atoms with Crippen LogP contribution in [0.3, 0.4) is 0 Å². The van der Waals surface area contributed by atoms with Crippen molar-refractivity contribution in [1.82, 2.24) is 9.97 Å². The summed E-state index contributed by atoms with van der Waals surface area (Å²) >= 11 is 0. The largest absolute Gasteiger partial charge is 0.374 e. The molecule has 8 heteroatoms. The van der Waals surface area contributed by atoms with Crippen LogP contribution in [-0.4, -0.2) is 36.2 Å². The standard InChI is InChI=1S/C9H15F2N5O/c1-6-4-8(15-9(14-6)16-12)13-2-3-17-5-7(10)11/h4,7H,2-3,5,12H2,1H3,(H2,13,14,15,16). The first kappa shape index (κ1) is 13.5. The zero-order valence-corrected chi connectivity index (χ0v) is 9.41. The number of hydrogen-bond acceptors (Lipinski definition) is 6. The second kappa shape index (κ2) is 6.92. The molecule has 6 nitrogen and oxygen atoms in total. The number of halogens is 2. The van der Waals surface area contributed by atoms with E-state index in [0.29, 0.717) is 18.3 Å². The minimum atomic E-state index is -2.44. The summed E-state index contributed by atoms with van der Waals surface area (Å²) in [6.07, 6.45) is -2.44. The maximum absolute atomic E-state index is 11.7.